The molecule has 1 aromatic carbocycles. The number of hydrogen-bond acceptors (Lipinski definition) is 3. The third-order valence-corrected chi connectivity index (χ3v) is 4.70. The van der Waals surface area contributed by atoms with Crippen LogP contribution in [0.15, 0.2) is 34.8 Å². The predicted molar refractivity (Wildman–Crippen MR) is 77.6 cm³/mol. The first kappa shape index (κ1) is 15.8. The molecule has 0 saturated heterocycles. The summed E-state index contributed by atoms with van der Waals surface area (Å²) in [5.41, 5.74) is 2.20. The molecule has 0 spiro atoms. The van der Waals surface area contributed by atoms with Gasteiger partial charge in [0.15, 0.2) is 0 Å². The summed E-state index contributed by atoms with van der Waals surface area (Å²) in [5, 5.41) is 0. The molecule has 2 aromatic rings. The van der Waals surface area contributed by atoms with Crippen molar-refractivity contribution in [3.8, 4) is 0 Å². The van der Waals surface area contributed by atoms with E-state index in [0.717, 1.165) is 17.0 Å². The van der Waals surface area contributed by atoms with Crippen LogP contribution in [-0.2, 0) is 6.18 Å². The molecule has 0 aliphatic carbocycles. The fourth-order valence-corrected chi connectivity index (χ4v) is 3.37. The summed E-state index contributed by atoms with van der Waals surface area (Å²) in [4.78, 5) is 0.734. The maximum atomic E-state index is 12.8. The lowest BCUT2D eigenvalue weighted by Crippen LogP contribution is -2.28. The number of hydrogen-bond donors (Lipinski definition) is 2. The van der Waals surface area contributed by atoms with E-state index in [1.807, 2.05) is 0 Å². The van der Waals surface area contributed by atoms with Gasteiger partial charge in [-0.3, -0.25) is 5.84 Å². The average Bonchev–Trinajstić information content (AvgIpc) is 2.77. The molecule has 2 rings (SSSR count). The van der Waals surface area contributed by atoms with E-state index in [1.165, 1.54) is 17.4 Å². The van der Waals surface area contributed by atoms with Gasteiger partial charge in [-0.15, -0.1) is 11.3 Å². The number of rotatable bonds is 3. The smallest absolute Gasteiger partial charge is 0.271 e. The molecule has 1 heterocycles. The van der Waals surface area contributed by atoms with Crippen molar-refractivity contribution in [2.24, 2.45) is 5.84 Å². The van der Waals surface area contributed by atoms with Crippen LogP contribution in [0.25, 0.3) is 0 Å². The second-order valence-corrected chi connectivity index (χ2v) is 6.58. The Morgan fingerprint density at radius 3 is 2.45 bits per heavy atom. The van der Waals surface area contributed by atoms with E-state index in [1.54, 1.807) is 12.1 Å². The van der Waals surface area contributed by atoms with Crippen molar-refractivity contribution in [1.82, 2.24) is 5.43 Å². The molecule has 1 atom stereocenters. The van der Waals surface area contributed by atoms with Gasteiger partial charge in [-0.1, -0.05) is 27.5 Å². The molecule has 8 heteroatoms. The number of benzene rings is 1. The van der Waals surface area contributed by atoms with Crippen LogP contribution in [0.1, 0.15) is 22.0 Å². The molecular weight excluding hydrogens is 377 g/mol. The number of thiophene rings is 1. The second kappa shape index (κ2) is 6.03. The standard InChI is InChI=1S/C12H9BrClF3N2S/c13-8-2-1-6(12(15,16)17)5-7(8)11(19-18)9-3-4-10(14)20-9/h1-5,11,19H,18H2. The van der Waals surface area contributed by atoms with Crippen LogP contribution in [0.2, 0.25) is 4.34 Å². The van der Waals surface area contributed by atoms with Crippen molar-refractivity contribution in [2.45, 2.75) is 12.2 Å². The first-order chi connectivity index (χ1) is 9.32. The van der Waals surface area contributed by atoms with Gasteiger partial charge < -0.3 is 0 Å². The zero-order valence-electron chi connectivity index (χ0n) is 9.84. The fourth-order valence-electron chi connectivity index (χ4n) is 1.75. The lowest BCUT2D eigenvalue weighted by molar-refractivity contribution is -0.137. The van der Waals surface area contributed by atoms with Gasteiger partial charge >= 0.3 is 6.18 Å². The van der Waals surface area contributed by atoms with Gasteiger partial charge in [0.05, 0.1) is 15.9 Å². The van der Waals surface area contributed by atoms with E-state index in [-0.39, 0.29) is 0 Å². The van der Waals surface area contributed by atoms with Gasteiger partial charge in [0.1, 0.15) is 0 Å². The molecule has 0 amide bonds. The minimum absolute atomic E-state index is 0.404. The summed E-state index contributed by atoms with van der Waals surface area (Å²) in [7, 11) is 0. The molecule has 0 radical (unpaired) electrons. The third-order valence-electron chi connectivity index (χ3n) is 2.68. The Bertz CT molecular complexity index is 615. The Balaban J connectivity index is 2.49. The lowest BCUT2D eigenvalue weighted by atomic mass is 10.0. The van der Waals surface area contributed by atoms with Gasteiger partial charge in [0.25, 0.3) is 0 Å². The number of alkyl halides is 3. The molecule has 2 nitrogen and oxygen atoms in total. The molecule has 1 unspecified atom stereocenters. The molecule has 0 fully saturated rings. The highest BCUT2D eigenvalue weighted by Crippen LogP contribution is 2.37. The highest BCUT2D eigenvalue weighted by molar-refractivity contribution is 9.10. The van der Waals surface area contributed by atoms with Crippen LogP contribution in [0.5, 0.6) is 0 Å². The van der Waals surface area contributed by atoms with Crippen LogP contribution >= 0.6 is 38.9 Å². The van der Waals surface area contributed by atoms with Crippen molar-refractivity contribution in [2.75, 3.05) is 0 Å². The minimum Gasteiger partial charge on any atom is -0.271 e. The molecule has 3 N–H and O–H groups in total. The molecule has 0 aliphatic heterocycles. The molecule has 1 aromatic heterocycles. The van der Waals surface area contributed by atoms with Crippen LogP contribution in [0.4, 0.5) is 13.2 Å². The summed E-state index contributed by atoms with van der Waals surface area (Å²) in [6.07, 6.45) is -4.40. The van der Waals surface area contributed by atoms with Gasteiger partial charge in [-0.25, -0.2) is 5.43 Å². The maximum absolute atomic E-state index is 12.8. The van der Waals surface area contributed by atoms with E-state index in [4.69, 9.17) is 17.4 Å². The number of nitrogens with two attached hydrogens (primary N) is 1. The molecule has 0 aliphatic rings. The fraction of sp³-hybridized carbons (Fsp3) is 0.167. The zero-order valence-corrected chi connectivity index (χ0v) is 13.0. The third kappa shape index (κ3) is 3.35. The Morgan fingerprint density at radius 2 is 1.95 bits per heavy atom. The minimum atomic E-state index is -4.40. The summed E-state index contributed by atoms with van der Waals surface area (Å²) >= 11 is 10.4. The normalized spacial score (nSPS) is 13.5. The SMILES string of the molecule is NNC(c1ccc(Cl)s1)c1cc(C(F)(F)F)ccc1Br. The average molecular weight is 386 g/mol. The van der Waals surface area contributed by atoms with Crippen molar-refractivity contribution in [1.29, 1.82) is 0 Å². The lowest BCUT2D eigenvalue weighted by Gasteiger charge is -2.18. The van der Waals surface area contributed by atoms with Gasteiger partial charge in [0, 0.05) is 9.35 Å². The summed E-state index contributed by atoms with van der Waals surface area (Å²) < 4.78 is 39.4. The Labute approximate surface area is 130 Å². The Hall–Kier alpha value is -0.600. The second-order valence-electron chi connectivity index (χ2n) is 3.98. The van der Waals surface area contributed by atoms with Crippen molar-refractivity contribution < 1.29 is 13.2 Å². The zero-order chi connectivity index (χ0) is 14.9. The number of hydrazine groups is 1. The van der Waals surface area contributed by atoms with Gasteiger partial charge in [-0.05, 0) is 35.9 Å². The molecule has 20 heavy (non-hydrogen) atoms. The summed E-state index contributed by atoms with van der Waals surface area (Å²) in [6.45, 7) is 0. The van der Waals surface area contributed by atoms with Crippen LogP contribution in [-0.4, -0.2) is 0 Å². The quantitative estimate of drug-likeness (QED) is 0.592. The largest absolute Gasteiger partial charge is 0.416 e. The maximum Gasteiger partial charge on any atom is 0.416 e. The van der Waals surface area contributed by atoms with E-state index in [2.05, 4.69) is 21.4 Å². The van der Waals surface area contributed by atoms with E-state index < -0.39 is 17.8 Å². The first-order valence-electron chi connectivity index (χ1n) is 5.41. The Kier molecular flexibility index (Phi) is 4.76. The van der Waals surface area contributed by atoms with E-state index >= 15 is 0 Å². The number of nitrogens with one attached hydrogen (secondary N) is 1. The van der Waals surface area contributed by atoms with Crippen molar-refractivity contribution >= 4 is 38.9 Å². The van der Waals surface area contributed by atoms with Crippen LogP contribution < -0.4 is 11.3 Å². The van der Waals surface area contributed by atoms with Crippen LogP contribution in [0, 0.1) is 0 Å². The highest BCUT2D eigenvalue weighted by Gasteiger charge is 2.32. The number of halogens is 5. The summed E-state index contributed by atoms with van der Waals surface area (Å²) in [5.74, 6) is 5.49. The molecular formula is C12H9BrClF3N2S. The highest BCUT2D eigenvalue weighted by atomic mass is 79.9. The van der Waals surface area contributed by atoms with Crippen LogP contribution in [0.3, 0.4) is 0 Å². The first-order valence-corrected chi connectivity index (χ1v) is 7.39. The van der Waals surface area contributed by atoms with Gasteiger partial charge in [0.2, 0.25) is 0 Å². The Morgan fingerprint density at radius 1 is 1.25 bits per heavy atom. The summed E-state index contributed by atoms with van der Waals surface area (Å²) in [6, 6.07) is 6.28. The van der Waals surface area contributed by atoms with E-state index in [0.29, 0.717) is 14.4 Å². The van der Waals surface area contributed by atoms with Crippen molar-refractivity contribution in [3.05, 3.63) is 55.1 Å². The molecule has 108 valence electrons. The molecule has 0 bridgehead atoms. The van der Waals surface area contributed by atoms with E-state index in [9.17, 15) is 13.2 Å². The monoisotopic (exact) mass is 384 g/mol. The molecule has 0 saturated carbocycles. The topological polar surface area (TPSA) is 38.0 Å². The van der Waals surface area contributed by atoms with Crippen molar-refractivity contribution in [3.63, 3.8) is 0 Å². The predicted octanol–water partition coefficient (Wildman–Crippen LogP) is 4.74. The van der Waals surface area contributed by atoms with Gasteiger partial charge in [-0.2, -0.15) is 13.2 Å².